The summed E-state index contributed by atoms with van der Waals surface area (Å²) >= 11 is 5.88. The molecule has 1 aromatic heterocycles. The Balaban J connectivity index is 1.71. The molecule has 1 N–H and O–H groups in total. The number of aromatic nitrogens is 2. The molecular formula is C21H14ClF2N3O. The zero-order chi connectivity index (χ0) is 19.5. The summed E-state index contributed by atoms with van der Waals surface area (Å²) in [6.45, 7) is 0. The Hall–Kier alpha value is -3.25. The summed E-state index contributed by atoms with van der Waals surface area (Å²) in [5.74, 6) is -0.231. The molecule has 0 aliphatic heterocycles. The molecule has 0 aliphatic carbocycles. The Bertz CT molecular complexity index is 1080. The van der Waals surface area contributed by atoms with Gasteiger partial charge in [0.1, 0.15) is 17.7 Å². The van der Waals surface area contributed by atoms with Gasteiger partial charge in [-0.3, -0.25) is 0 Å². The van der Waals surface area contributed by atoms with Gasteiger partial charge in [-0.1, -0.05) is 41.9 Å². The summed E-state index contributed by atoms with van der Waals surface area (Å²) in [5.41, 5.74) is 2.04. The van der Waals surface area contributed by atoms with E-state index >= 15 is 0 Å². The zero-order valence-corrected chi connectivity index (χ0v) is 15.2. The minimum absolute atomic E-state index is 0.0154. The molecule has 0 fully saturated rings. The van der Waals surface area contributed by atoms with Crippen molar-refractivity contribution in [3.63, 3.8) is 0 Å². The maximum Gasteiger partial charge on any atom is 0.247 e. The van der Waals surface area contributed by atoms with Crippen LogP contribution in [-0.4, -0.2) is 10.2 Å². The average molecular weight is 398 g/mol. The highest BCUT2D eigenvalue weighted by Gasteiger charge is 2.22. The summed E-state index contributed by atoms with van der Waals surface area (Å²) in [6.07, 6.45) is 0. The molecule has 7 heteroatoms. The van der Waals surface area contributed by atoms with Crippen LogP contribution in [-0.2, 0) is 0 Å². The third-order valence-electron chi connectivity index (χ3n) is 4.14. The minimum atomic E-state index is -0.577. The zero-order valence-electron chi connectivity index (χ0n) is 14.4. The molecule has 0 bridgehead atoms. The molecule has 0 spiro atoms. The Morgan fingerprint density at radius 2 is 1.64 bits per heavy atom. The van der Waals surface area contributed by atoms with Gasteiger partial charge in [-0.2, -0.15) is 0 Å². The first-order chi connectivity index (χ1) is 13.6. The summed E-state index contributed by atoms with van der Waals surface area (Å²) in [5, 5.41) is 11.4. The van der Waals surface area contributed by atoms with E-state index in [0.29, 0.717) is 17.1 Å². The Kier molecular flexibility index (Phi) is 5.04. The van der Waals surface area contributed by atoms with E-state index in [4.69, 9.17) is 16.0 Å². The number of nitrogens with one attached hydrogen (secondary N) is 1. The van der Waals surface area contributed by atoms with Gasteiger partial charge in [-0.25, -0.2) is 8.78 Å². The third kappa shape index (κ3) is 3.87. The molecule has 0 radical (unpaired) electrons. The van der Waals surface area contributed by atoms with Crippen molar-refractivity contribution in [3.05, 3.63) is 101 Å². The van der Waals surface area contributed by atoms with Crippen molar-refractivity contribution in [2.75, 3.05) is 5.32 Å². The lowest BCUT2D eigenvalue weighted by Crippen LogP contribution is -2.13. The fourth-order valence-electron chi connectivity index (χ4n) is 2.74. The number of hydrogen-bond acceptors (Lipinski definition) is 4. The summed E-state index contributed by atoms with van der Waals surface area (Å²) in [4.78, 5) is 0. The predicted molar refractivity (Wildman–Crippen MR) is 103 cm³/mol. The molecule has 3 aromatic carbocycles. The van der Waals surface area contributed by atoms with Gasteiger partial charge >= 0.3 is 0 Å². The van der Waals surface area contributed by atoms with Gasteiger partial charge < -0.3 is 9.73 Å². The van der Waals surface area contributed by atoms with Crippen LogP contribution in [0, 0.1) is 11.6 Å². The van der Waals surface area contributed by atoms with Crippen LogP contribution >= 0.6 is 11.6 Å². The maximum atomic E-state index is 13.5. The first kappa shape index (κ1) is 18.1. The second-order valence-electron chi connectivity index (χ2n) is 6.07. The molecule has 4 rings (SSSR count). The van der Waals surface area contributed by atoms with E-state index in [-0.39, 0.29) is 16.7 Å². The topological polar surface area (TPSA) is 51.0 Å². The lowest BCUT2D eigenvalue weighted by atomic mass is 10.1. The lowest BCUT2D eigenvalue weighted by molar-refractivity contribution is 0.493. The third-order valence-corrected chi connectivity index (χ3v) is 4.43. The van der Waals surface area contributed by atoms with Crippen LogP contribution in [0.3, 0.4) is 0 Å². The van der Waals surface area contributed by atoms with Gasteiger partial charge in [0.15, 0.2) is 0 Å². The highest BCUT2D eigenvalue weighted by Crippen LogP contribution is 2.30. The van der Waals surface area contributed by atoms with E-state index in [1.54, 1.807) is 18.2 Å². The van der Waals surface area contributed by atoms with Crippen molar-refractivity contribution in [1.82, 2.24) is 10.2 Å². The highest BCUT2D eigenvalue weighted by molar-refractivity contribution is 6.31. The number of benzene rings is 3. The van der Waals surface area contributed by atoms with Crippen LogP contribution in [0.25, 0.3) is 11.5 Å². The van der Waals surface area contributed by atoms with Gasteiger partial charge in [0.2, 0.25) is 11.8 Å². The molecule has 1 heterocycles. The number of anilines is 1. The Morgan fingerprint density at radius 1 is 0.893 bits per heavy atom. The smallest absolute Gasteiger partial charge is 0.247 e. The summed E-state index contributed by atoms with van der Waals surface area (Å²) in [6, 6.07) is 19.0. The van der Waals surface area contributed by atoms with E-state index in [9.17, 15) is 8.78 Å². The molecule has 0 aliphatic rings. The highest BCUT2D eigenvalue weighted by atomic mass is 35.5. The maximum absolute atomic E-state index is 13.5. The number of nitrogens with zero attached hydrogens (tertiary/aromatic N) is 2. The Labute approximate surface area is 164 Å². The van der Waals surface area contributed by atoms with E-state index in [0.717, 1.165) is 5.56 Å². The quantitative estimate of drug-likeness (QED) is 0.457. The number of halogens is 3. The van der Waals surface area contributed by atoms with Crippen molar-refractivity contribution >= 4 is 17.3 Å². The van der Waals surface area contributed by atoms with Crippen LogP contribution < -0.4 is 5.32 Å². The standard InChI is InChI=1S/C21H14ClF2N3O/c22-17-12-16(10-11-18(17)24)25-19(13-6-8-15(23)9-7-13)21-27-26-20(28-21)14-4-2-1-3-5-14/h1-12,19,25H/t19-/m0/s1. The van der Waals surface area contributed by atoms with Gasteiger partial charge in [-0.15, -0.1) is 10.2 Å². The van der Waals surface area contributed by atoms with Crippen molar-refractivity contribution in [2.24, 2.45) is 0 Å². The van der Waals surface area contributed by atoms with Crippen molar-refractivity contribution in [2.45, 2.75) is 6.04 Å². The second kappa shape index (κ2) is 7.78. The van der Waals surface area contributed by atoms with E-state index in [1.165, 1.54) is 24.3 Å². The molecule has 28 heavy (non-hydrogen) atoms. The molecule has 1 atom stereocenters. The number of rotatable bonds is 5. The fourth-order valence-corrected chi connectivity index (χ4v) is 2.92. The Morgan fingerprint density at radius 3 is 2.36 bits per heavy atom. The molecular weight excluding hydrogens is 384 g/mol. The van der Waals surface area contributed by atoms with E-state index in [2.05, 4.69) is 15.5 Å². The molecule has 0 saturated carbocycles. The van der Waals surface area contributed by atoms with Crippen molar-refractivity contribution < 1.29 is 13.2 Å². The largest absolute Gasteiger partial charge is 0.418 e. The van der Waals surface area contributed by atoms with Crippen LogP contribution in [0.5, 0.6) is 0 Å². The molecule has 140 valence electrons. The van der Waals surface area contributed by atoms with Crippen LogP contribution in [0.15, 0.2) is 77.2 Å². The normalized spacial score (nSPS) is 12.0. The van der Waals surface area contributed by atoms with E-state index in [1.807, 2.05) is 30.3 Å². The lowest BCUT2D eigenvalue weighted by Gasteiger charge is -2.17. The van der Waals surface area contributed by atoms with Gasteiger partial charge in [0, 0.05) is 11.3 Å². The molecule has 0 amide bonds. The minimum Gasteiger partial charge on any atom is -0.418 e. The fraction of sp³-hybridized carbons (Fsp3) is 0.0476. The molecule has 0 unspecified atom stereocenters. The van der Waals surface area contributed by atoms with Crippen LogP contribution in [0.2, 0.25) is 5.02 Å². The predicted octanol–water partition coefficient (Wildman–Crippen LogP) is 5.87. The van der Waals surface area contributed by atoms with Gasteiger partial charge in [-0.05, 0) is 48.0 Å². The molecule has 4 aromatic rings. The average Bonchev–Trinajstić information content (AvgIpc) is 3.20. The van der Waals surface area contributed by atoms with Crippen molar-refractivity contribution in [1.29, 1.82) is 0 Å². The molecule has 4 nitrogen and oxygen atoms in total. The molecule has 0 saturated heterocycles. The monoisotopic (exact) mass is 397 g/mol. The summed E-state index contributed by atoms with van der Waals surface area (Å²) in [7, 11) is 0. The second-order valence-corrected chi connectivity index (χ2v) is 6.48. The van der Waals surface area contributed by atoms with Crippen LogP contribution in [0.4, 0.5) is 14.5 Å². The first-order valence-electron chi connectivity index (χ1n) is 8.46. The van der Waals surface area contributed by atoms with Crippen molar-refractivity contribution in [3.8, 4) is 11.5 Å². The number of hydrogen-bond donors (Lipinski definition) is 1. The van der Waals surface area contributed by atoms with Crippen LogP contribution in [0.1, 0.15) is 17.5 Å². The first-order valence-corrected chi connectivity index (χ1v) is 8.84. The summed E-state index contributed by atoms with van der Waals surface area (Å²) < 4.78 is 32.7. The van der Waals surface area contributed by atoms with E-state index < -0.39 is 11.9 Å². The van der Waals surface area contributed by atoms with Gasteiger partial charge in [0.05, 0.1) is 5.02 Å². The van der Waals surface area contributed by atoms with Gasteiger partial charge in [0.25, 0.3) is 0 Å². The SMILES string of the molecule is Fc1ccc([C@H](Nc2ccc(F)c(Cl)c2)c2nnc(-c3ccccc3)o2)cc1.